The number of hydrogen-bond donors (Lipinski definition) is 1. The van der Waals surface area contributed by atoms with E-state index in [0.717, 1.165) is 14.9 Å². The van der Waals surface area contributed by atoms with Crippen LogP contribution >= 0.6 is 34.7 Å². The van der Waals surface area contributed by atoms with Crippen molar-refractivity contribution in [2.45, 2.75) is 10.1 Å². The summed E-state index contributed by atoms with van der Waals surface area (Å²) in [4.78, 5) is 12.4. The molecule has 0 radical (unpaired) electrons. The highest BCUT2D eigenvalue weighted by Gasteiger charge is 2.15. The van der Waals surface area contributed by atoms with Crippen molar-refractivity contribution in [2.75, 3.05) is 25.1 Å². The summed E-state index contributed by atoms with van der Waals surface area (Å²) in [6, 6.07) is 12.9. The smallest absolute Gasteiger partial charge is 0.206 e. The quantitative estimate of drug-likeness (QED) is 0.432. The number of carbonyl (C=O) groups is 1. The molecule has 0 aliphatic carbocycles. The molecule has 3 aromatic rings. The van der Waals surface area contributed by atoms with Gasteiger partial charge in [-0.1, -0.05) is 52.9 Å². The molecular weight excluding hydrogens is 418 g/mol. The van der Waals surface area contributed by atoms with Crippen molar-refractivity contribution in [2.24, 2.45) is 0 Å². The minimum absolute atomic E-state index is 0.0579. The average molecular weight is 434 g/mol. The van der Waals surface area contributed by atoms with E-state index in [1.54, 1.807) is 30.0 Å². The number of nitrogens with one attached hydrogen (secondary N) is 1. The van der Waals surface area contributed by atoms with Gasteiger partial charge in [-0.05, 0) is 29.8 Å². The second-order valence-electron chi connectivity index (χ2n) is 5.89. The number of Topliss-reactive ketones (excluding diaryl/α,β-unsaturated/α-hetero) is 1. The Kier molecular flexibility index (Phi) is 5.99. The van der Waals surface area contributed by atoms with Gasteiger partial charge in [-0.15, -0.1) is 10.2 Å². The van der Waals surface area contributed by atoms with E-state index in [0.29, 0.717) is 41.2 Å². The Hall–Kier alpha value is -2.29. The molecule has 0 unspecified atom stereocenters. The molecule has 28 heavy (non-hydrogen) atoms. The Morgan fingerprint density at radius 1 is 1.14 bits per heavy atom. The summed E-state index contributed by atoms with van der Waals surface area (Å²) >= 11 is 9.14. The van der Waals surface area contributed by atoms with E-state index < -0.39 is 0 Å². The fourth-order valence-corrected chi connectivity index (χ4v) is 4.60. The molecule has 1 aromatic heterocycles. The van der Waals surface area contributed by atoms with E-state index >= 15 is 0 Å². The second kappa shape index (κ2) is 8.81. The predicted octanol–water partition coefficient (Wildman–Crippen LogP) is 4.55. The molecule has 9 heteroatoms. The van der Waals surface area contributed by atoms with E-state index in [1.165, 1.54) is 11.3 Å². The molecule has 2 heterocycles. The molecule has 0 bridgehead atoms. The highest BCUT2D eigenvalue weighted by molar-refractivity contribution is 8.00. The van der Waals surface area contributed by atoms with Crippen molar-refractivity contribution in [3.05, 3.63) is 58.6 Å². The van der Waals surface area contributed by atoms with Gasteiger partial charge in [0, 0.05) is 16.3 Å². The maximum Gasteiger partial charge on any atom is 0.206 e. The van der Waals surface area contributed by atoms with Crippen LogP contribution < -0.4 is 14.8 Å². The van der Waals surface area contributed by atoms with Crippen LogP contribution in [0.2, 0.25) is 5.02 Å². The van der Waals surface area contributed by atoms with E-state index in [-0.39, 0.29) is 12.3 Å². The van der Waals surface area contributed by atoms with Crippen molar-refractivity contribution in [1.82, 2.24) is 10.2 Å². The lowest BCUT2D eigenvalue weighted by molar-refractivity contribution is 0.100. The zero-order chi connectivity index (χ0) is 19.3. The first-order valence-electron chi connectivity index (χ1n) is 8.55. The topological polar surface area (TPSA) is 73.3 Å². The zero-order valence-electron chi connectivity index (χ0n) is 14.7. The Morgan fingerprint density at radius 2 is 1.96 bits per heavy atom. The van der Waals surface area contributed by atoms with Gasteiger partial charge < -0.3 is 14.8 Å². The van der Waals surface area contributed by atoms with Gasteiger partial charge in [0.05, 0.1) is 6.54 Å². The third-order valence-electron chi connectivity index (χ3n) is 3.98. The molecule has 1 aliphatic rings. The van der Waals surface area contributed by atoms with Crippen LogP contribution in [0.1, 0.15) is 15.9 Å². The number of ketones is 1. The molecule has 0 saturated heterocycles. The number of benzene rings is 2. The first kappa shape index (κ1) is 19.0. The van der Waals surface area contributed by atoms with Gasteiger partial charge in [0.25, 0.3) is 0 Å². The largest absolute Gasteiger partial charge is 0.486 e. The second-order valence-corrected chi connectivity index (χ2v) is 8.50. The summed E-state index contributed by atoms with van der Waals surface area (Å²) in [7, 11) is 0. The molecule has 144 valence electrons. The number of ether oxygens (including phenoxy) is 2. The Bertz CT molecular complexity index is 996. The zero-order valence-corrected chi connectivity index (χ0v) is 17.1. The molecule has 0 atom stereocenters. The van der Waals surface area contributed by atoms with E-state index in [9.17, 15) is 4.79 Å². The Labute approximate surface area is 175 Å². The van der Waals surface area contributed by atoms with Crippen LogP contribution in [0.5, 0.6) is 11.5 Å². The molecular formula is C19H16ClN3O3S2. The molecule has 0 amide bonds. The number of nitrogens with zero attached hydrogens (tertiary/aromatic N) is 2. The SMILES string of the molecule is O=C(CNc1nnc(SCc2ccccc2Cl)s1)c1ccc2c(c1)OCCO2. The van der Waals surface area contributed by atoms with Crippen LogP contribution in [-0.2, 0) is 5.75 Å². The molecule has 6 nitrogen and oxygen atoms in total. The minimum atomic E-state index is -0.0579. The average Bonchev–Trinajstić information content (AvgIpc) is 3.19. The number of rotatable bonds is 7. The summed E-state index contributed by atoms with van der Waals surface area (Å²) in [5.41, 5.74) is 1.61. The summed E-state index contributed by atoms with van der Waals surface area (Å²) in [6.07, 6.45) is 0. The van der Waals surface area contributed by atoms with Gasteiger partial charge in [-0.2, -0.15) is 0 Å². The molecule has 2 aromatic carbocycles. The monoisotopic (exact) mass is 433 g/mol. The van der Waals surface area contributed by atoms with Crippen molar-refractivity contribution >= 4 is 45.6 Å². The molecule has 0 fully saturated rings. The van der Waals surface area contributed by atoms with Gasteiger partial charge >= 0.3 is 0 Å². The maximum absolute atomic E-state index is 12.4. The molecule has 1 aliphatic heterocycles. The van der Waals surface area contributed by atoms with Gasteiger partial charge in [0.1, 0.15) is 13.2 Å². The third-order valence-corrected chi connectivity index (χ3v) is 6.41. The van der Waals surface area contributed by atoms with Gasteiger partial charge in [0.2, 0.25) is 5.13 Å². The number of thioether (sulfide) groups is 1. The standard InChI is InChI=1S/C19H16ClN3O3S2/c20-14-4-2-1-3-13(14)11-27-19-23-22-18(28-19)21-10-15(24)12-5-6-16-17(9-12)26-8-7-25-16/h1-6,9H,7-8,10-11H2,(H,21,22). The molecule has 1 N–H and O–H groups in total. The van der Waals surface area contributed by atoms with Crippen LogP contribution in [-0.4, -0.2) is 35.7 Å². The van der Waals surface area contributed by atoms with Gasteiger partial charge in [0.15, 0.2) is 21.6 Å². The summed E-state index contributed by atoms with van der Waals surface area (Å²) in [5, 5.41) is 12.6. The fraction of sp³-hybridized carbons (Fsp3) is 0.211. The Balaban J connectivity index is 1.32. The Morgan fingerprint density at radius 3 is 2.82 bits per heavy atom. The maximum atomic E-state index is 12.4. The first-order valence-corrected chi connectivity index (χ1v) is 10.7. The number of aromatic nitrogens is 2. The van der Waals surface area contributed by atoms with Crippen LogP contribution in [0.25, 0.3) is 0 Å². The minimum Gasteiger partial charge on any atom is -0.486 e. The molecule has 0 saturated carbocycles. The van der Waals surface area contributed by atoms with Crippen molar-refractivity contribution in [3.63, 3.8) is 0 Å². The highest BCUT2D eigenvalue weighted by Crippen LogP contribution is 2.32. The number of halogens is 1. The molecule has 0 spiro atoms. The van der Waals surface area contributed by atoms with Gasteiger partial charge in [-0.25, -0.2) is 0 Å². The van der Waals surface area contributed by atoms with Crippen LogP contribution in [0.3, 0.4) is 0 Å². The first-order chi connectivity index (χ1) is 13.7. The van der Waals surface area contributed by atoms with Crippen LogP contribution in [0.4, 0.5) is 5.13 Å². The summed E-state index contributed by atoms with van der Waals surface area (Å²) in [6.45, 7) is 1.14. The molecule has 4 rings (SSSR count). The lowest BCUT2D eigenvalue weighted by Crippen LogP contribution is -2.17. The predicted molar refractivity (Wildman–Crippen MR) is 111 cm³/mol. The number of carbonyl (C=O) groups excluding carboxylic acids is 1. The lowest BCUT2D eigenvalue weighted by atomic mass is 10.1. The normalized spacial score (nSPS) is 12.6. The summed E-state index contributed by atoms with van der Waals surface area (Å²) < 4.78 is 11.8. The fourth-order valence-electron chi connectivity index (χ4n) is 2.57. The van der Waals surface area contributed by atoms with Crippen LogP contribution in [0, 0.1) is 0 Å². The van der Waals surface area contributed by atoms with Gasteiger partial charge in [-0.3, -0.25) is 4.79 Å². The highest BCUT2D eigenvalue weighted by atomic mass is 35.5. The lowest BCUT2D eigenvalue weighted by Gasteiger charge is -2.18. The van der Waals surface area contributed by atoms with Crippen molar-refractivity contribution in [3.8, 4) is 11.5 Å². The summed E-state index contributed by atoms with van der Waals surface area (Å²) in [5.74, 6) is 1.92. The van der Waals surface area contributed by atoms with Crippen molar-refractivity contribution < 1.29 is 14.3 Å². The number of hydrogen-bond acceptors (Lipinski definition) is 8. The third kappa shape index (κ3) is 4.57. The number of fused-ring (bicyclic) bond motifs is 1. The van der Waals surface area contributed by atoms with Crippen LogP contribution in [0.15, 0.2) is 46.8 Å². The van der Waals surface area contributed by atoms with Crippen molar-refractivity contribution in [1.29, 1.82) is 0 Å². The number of anilines is 1. The van der Waals surface area contributed by atoms with E-state index in [2.05, 4.69) is 15.5 Å². The van der Waals surface area contributed by atoms with E-state index in [4.69, 9.17) is 21.1 Å². The van der Waals surface area contributed by atoms with E-state index in [1.807, 2.05) is 24.3 Å².